The molecule has 0 radical (unpaired) electrons. The second-order valence-corrected chi connectivity index (χ2v) is 4.04. The summed E-state index contributed by atoms with van der Waals surface area (Å²) in [7, 11) is 0. The SMILES string of the molecule is CC(C)C(=O)C(=O)N1CCC(O)CC1. The molecule has 0 bridgehead atoms. The van der Waals surface area contributed by atoms with Gasteiger partial charge in [0.2, 0.25) is 5.78 Å². The van der Waals surface area contributed by atoms with Gasteiger partial charge in [-0.3, -0.25) is 9.59 Å². The molecule has 0 aliphatic carbocycles. The Balaban J connectivity index is 2.50. The van der Waals surface area contributed by atoms with E-state index in [1.807, 2.05) is 0 Å². The van der Waals surface area contributed by atoms with Crippen molar-refractivity contribution in [3.8, 4) is 0 Å². The van der Waals surface area contributed by atoms with Gasteiger partial charge in [0.05, 0.1) is 6.10 Å². The number of amides is 1. The third-order valence-electron chi connectivity index (χ3n) is 2.49. The minimum atomic E-state index is -0.396. The smallest absolute Gasteiger partial charge is 0.290 e. The number of ketones is 1. The Morgan fingerprint density at radius 2 is 1.79 bits per heavy atom. The second kappa shape index (κ2) is 4.55. The van der Waals surface area contributed by atoms with E-state index in [9.17, 15) is 14.7 Å². The number of likely N-dealkylation sites (tertiary alicyclic amines) is 1. The van der Waals surface area contributed by atoms with Crippen LogP contribution in [0.25, 0.3) is 0 Å². The van der Waals surface area contributed by atoms with E-state index in [4.69, 9.17) is 0 Å². The molecule has 4 nitrogen and oxygen atoms in total. The van der Waals surface area contributed by atoms with E-state index in [-0.39, 0.29) is 17.8 Å². The van der Waals surface area contributed by atoms with Gasteiger partial charge in [-0.1, -0.05) is 13.8 Å². The molecule has 0 atom stereocenters. The summed E-state index contributed by atoms with van der Waals surface area (Å²) in [5.74, 6) is -0.970. The standard InChI is InChI=1S/C10H17NO3/c1-7(2)9(13)10(14)11-5-3-8(12)4-6-11/h7-8,12H,3-6H2,1-2H3. The number of carbonyl (C=O) groups excluding carboxylic acids is 2. The summed E-state index contributed by atoms with van der Waals surface area (Å²) in [4.78, 5) is 24.4. The lowest BCUT2D eigenvalue weighted by Gasteiger charge is -2.29. The Morgan fingerprint density at radius 3 is 2.21 bits per heavy atom. The molecule has 0 unspecified atom stereocenters. The molecule has 1 N–H and O–H groups in total. The first-order chi connectivity index (χ1) is 6.52. The van der Waals surface area contributed by atoms with E-state index < -0.39 is 5.91 Å². The Bertz CT molecular complexity index is 230. The fourth-order valence-corrected chi connectivity index (χ4v) is 1.47. The van der Waals surface area contributed by atoms with Crippen molar-refractivity contribution in [2.24, 2.45) is 5.92 Å². The van der Waals surface area contributed by atoms with Crippen LogP contribution in [-0.4, -0.2) is 40.9 Å². The van der Waals surface area contributed by atoms with E-state index in [1.165, 1.54) is 4.90 Å². The summed E-state index contributed by atoms with van der Waals surface area (Å²) in [6.45, 7) is 4.44. The Morgan fingerprint density at radius 1 is 1.29 bits per heavy atom. The lowest BCUT2D eigenvalue weighted by atomic mass is 10.0. The Hall–Kier alpha value is -0.900. The van der Waals surface area contributed by atoms with Gasteiger partial charge in [0.1, 0.15) is 0 Å². The molecule has 1 heterocycles. The molecule has 1 amide bonds. The highest BCUT2D eigenvalue weighted by Gasteiger charge is 2.27. The Kier molecular flexibility index (Phi) is 3.63. The highest BCUT2D eigenvalue weighted by molar-refractivity contribution is 6.36. The van der Waals surface area contributed by atoms with Crippen LogP contribution in [0, 0.1) is 5.92 Å². The summed E-state index contributed by atoms with van der Waals surface area (Å²) >= 11 is 0. The first-order valence-corrected chi connectivity index (χ1v) is 5.03. The van der Waals surface area contributed by atoms with Crippen LogP contribution in [0.15, 0.2) is 0 Å². The monoisotopic (exact) mass is 199 g/mol. The number of rotatable bonds is 2. The van der Waals surface area contributed by atoms with Crippen LogP contribution in [-0.2, 0) is 9.59 Å². The molecular formula is C10H17NO3. The number of hydrogen-bond acceptors (Lipinski definition) is 3. The van der Waals surface area contributed by atoms with Crippen LogP contribution in [0.2, 0.25) is 0 Å². The molecule has 1 aliphatic heterocycles. The summed E-state index contributed by atoms with van der Waals surface area (Å²) < 4.78 is 0. The van der Waals surface area contributed by atoms with Gasteiger partial charge >= 0.3 is 0 Å². The first kappa shape index (κ1) is 11.2. The minimum Gasteiger partial charge on any atom is -0.393 e. The predicted molar refractivity (Wildman–Crippen MR) is 51.7 cm³/mol. The average Bonchev–Trinajstić information content (AvgIpc) is 2.16. The van der Waals surface area contributed by atoms with Gasteiger partial charge in [-0.2, -0.15) is 0 Å². The fraction of sp³-hybridized carbons (Fsp3) is 0.800. The first-order valence-electron chi connectivity index (χ1n) is 5.03. The fourth-order valence-electron chi connectivity index (χ4n) is 1.47. The van der Waals surface area contributed by atoms with Crippen LogP contribution in [0.4, 0.5) is 0 Å². The predicted octanol–water partition coefficient (Wildman–Crippen LogP) is 0.195. The normalized spacial score (nSPS) is 18.7. The maximum Gasteiger partial charge on any atom is 0.290 e. The molecule has 4 heteroatoms. The van der Waals surface area contributed by atoms with Gasteiger partial charge < -0.3 is 10.0 Å². The molecule has 80 valence electrons. The van der Waals surface area contributed by atoms with Crippen molar-refractivity contribution in [3.05, 3.63) is 0 Å². The number of Topliss-reactive ketones (excluding diaryl/α,β-unsaturated/α-hetero) is 1. The van der Waals surface area contributed by atoms with Crippen molar-refractivity contribution in [1.82, 2.24) is 4.90 Å². The van der Waals surface area contributed by atoms with Crippen LogP contribution >= 0.6 is 0 Å². The maximum absolute atomic E-state index is 11.5. The van der Waals surface area contributed by atoms with Crippen molar-refractivity contribution in [1.29, 1.82) is 0 Å². The minimum absolute atomic E-state index is 0.241. The number of aliphatic hydroxyl groups is 1. The van der Waals surface area contributed by atoms with Gasteiger partial charge in [-0.05, 0) is 12.8 Å². The number of hydrogen-bond donors (Lipinski definition) is 1. The van der Waals surface area contributed by atoms with E-state index in [1.54, 1.807) is 13.8 Å². The summed E-state index contributed by atoms with van der Waals surface area (Å²) in [6, 6.07) is 0. The molecule has 0 aromatic heterocycles. The zero-order valence-corrected chi connectivity index (χ0v) is 8.69. The molecule has 0 aromatic rings. The van der Waals surface area contributed by atoms with Crippen LogP contribution in [0.3, 0.4) is 0 Å². The highest BCUT2D eigenvalue weighted by atomic mass is 16.3. The number of aliphatic hydroxyl groups excluding tert-OH is 1. The summed E-state index contributed by atoms with van der Waals surface area (Å²) in [5.41, 5.74) is 0. The van der Waals surface area contributed by atoms with Crippen molar-refractivity contribution in [2.45, 2.75) is 32.8 Å². The second-order valence-electron chi connectivity index (χ2n) is 4.04. The van der Waals surface area contributed by atoms with Crippen molar-refractivity contribution in [2.75, 3.05) is 13.1 Å². The lowest BCUT2D eigenvalue weighted by molar-refractivity contribution is -0.147. The molecule has 0 aromatic carbocycles. The van der Waals surface area contributed by atoms with E-state index in [2.05, 4.69) is 0 Å². The van der Waals surface area contributed by atoms with Crippen LogP contribution in [0.5, 0.6) is 0 Å². The van der Waals surface area contributed by atoms with E-state index in [0.717, 1.165) is 0 Å². The van der Waals surface area contributed by atoms with E-state index in [0.29, 0.717) is 25.9 Å². The Labute approximate surface area is 83.9 Å². The van der Waals surface area contributed by atoms with Crippen molar-refractivity contribution < 1.29 is 14.7 Å². The van der Waals surface area contributed by atoms with Crippen LogP contribution < -0.4 is 0 Å². The average molecular weight is 199 g/mol. The van der Waals surface area contributed by atoms with Crippen molar-refractivity contribution in [3.63, 3.8) is 0 Å². The quantitative estimate of drug-likeness (QED) is 0.646. The zero-order valence-electron chi connectivity index (χ0n) is 8.69. The zero-order chi connectivity index (χ0) is 10.7. The topological polar surface area (TPSA) is 57.6 Å². The van der Waals surface area contributed by atoms with Crippen LogP contribution in [0.1, 0.15) is 26.7 Å². The van der Waals surface area contributed by atoms with Crippen molar-refractivity contribution >= 4 is 11.7 Å². The van der Waals surface area contributed by atoms with E-state index >= 15 is 0 Å². The van der Waals surface area contributed by atoms with Gasteiger partial charge in [0.15, 0.2) is 0 Å². The molecule has 1 rings (SSSR count). The molecule has 0 saturated carbocycles. The molecule has 0 spiro atoms. The third-order valence-corrected chi connectivity index (χ3v) is 2.49. The summed E-state index contributed by atoms with van der Waals surface area (Å²) in [6.07, 6.45) is 0.849. The molecule has 14 heavy (non-hydrogen) atoms. The van der Waals surface area contributed by atoms with Gasteiger partial charge in [-0.15, -0.1) is 0 Å². The largest absolute Gasteiger partial charge is 0.393 e. The third kappa shape index (κ3) is 2.54. The number of piperidine rings is 1. The lowest BCUT2D eigenvalue weighted by Crippen LogP contribution is -2.44. The molecule has 1 aliphatic rings. The van der Waals surface area contributed by atoms with Gasteiger partial charge in [-0.25, -0.2) is 0 Å². The number of carbonyl (C=O) groups is 2. The van der Waals surface area contributed by atoms with Gasteiger partial charge in [0, 0.05) is 19.0 Å². The maximum atomic E-state index is 11.5. The molecule has 1 fully saturated rings. The molecular weight excluding hydrogens is 182 g/mol. The number of nitrogens with zero attached hydrogens (tertiary/aromatic N) is 1. The molecule has 1 saturated heterocycles. The summed E-state index contributed by atoms with van der Waals surface area (Å²) in [5, 5.41) is 9.23. The highest BCUT2D eigenvalue weighted by Crippen LogP contribution is 2.11. The van der Waals surface area contributed by atoms with Gasteiger partial charge in [0.25, 0.3) is 5.91 Å².